The Balaban J connectivity index is 1.62. The summed E-state index contributed by atoms with van der Waals surface area (Å²) in [5, 5.41) is 4.60. The van der Waals surface area contributed by atoms with Crippen molar-refractivity contribution in [2.24, 2.45) is 4.99 Å². The van der Waals surface area contributed by atoms with Gasteiger partial charge in [0.15, 0.2) is 5.65 Å². The van der Waals surface area contributed by atoms with Crippen LogP contribution in [0.15, 0.2) is 41.4 Å². The van der Waals surface area contributed by atoms with Gasteiger partial charge in [-0.2, -0.15) is 9.61 Å². The summed E-state index contributed by atoms with van der Waals surface area (Å²) in [6, 6.07) is 12.4. The molecule has 1 aliphatic rings. The average molecular weight is 349 g/mol. The maximum atomic E-state index is 5.48. The van der Waals surface area contributed by atoms with Gasteiger partial charge < -0.3 is 9.64 Å². The van der Waals surface area contributed by atoms with Gasteiger partial charge in [-0.25, -0.2) is 4.98 Å². The van der Waals surface area contributed by atoms with Crippen LogP contribution in [0, 0.1) is 13.8 Å². The Morgan fingerprint density at radius 3 is 2.81 bits per heavy atom. The molecule has 3 aromatic rings. The zero-order valence-electron chi connectivity index (χ0n) is 15.2. The van der Waals surface area contributed by atoms with E-state index in [4.69, 9.17) is 9.72 Å². The largest absolute Gasteiger partial charge is 0.378 e. The molecule has 1 aliphatic heterocycles. The summed E-state index contributed by atoms with van der Waals surface area (Å²) in [4.78, 5) is 11.6. The normalized spacial score (nSPS) is 15.2. The number of benzene rings is 1. The zero-order chi connectivity index (χ0) is 17.9. The molecule has 134 valence electrons. The Hall–Kier alpha value is -2.73. The summed E-state index contributed by atoms with van der Waals surface area (Å²) in [7, 11) is 0. The Morgan fingerprint density at radius 1 is 1.15 bits per heavy atom. The predicted octanol–water partition coefficient (Wildman–Crippen LogP) is 2.80. The smallest absolute Gasteiger partial charge is 0.157 e. The van der Waals surface area contributed by atoms with Crippen LogP contribution in [0.5, 0.6) is 0 Å². The number of aliphatic imine (C=N–C) groups is 1. The summed E-state index contributed by atoms with van der Waals surface area (Å²) in [6.45, 7) is 7.84. The number of fused-ring (bicyclic) bond motifs is 1. The number of aromatic nitrogens is 3. The fourth-order valence-electron chi connectivity index (χ4n) is 3.22. The number of rotatable bonds is 4. The summed E-state index contributed by atoms with van der Waals surface area (Å²) >= 11 is 0. The summed E-state index contributed by atoms with van der Waals surface area (Å²) in [5.41, 5.74) is 5.12. The number of nitrogens with zero attached hydrogens (tertiary/aromatic N) is 5. The molecule has 26 heavy (non-hydrogen) atoms. The molecule has 0 unspecified atom stereocenters. The average Bonchev–Trinajstić information content (AvgIpc) is 3.02. The van der Waals surface area contributed by atoms with E-state index < -0.39 is 0 Å². The van der Waals surface area contributed by atoms with Gasteiger partial charge in [0.2, 0.25) is 0 Å². The van der Waals surface area contributed by atoms with Crippen LogP contribution in [-0.4, -0.2) is 47.1 Å². The molecule has 4 rings (SSSR count). The fourth-order valence-corrected chi connectivity index (χ4v) is 3.22. The van der Waals surface area contributed by atoms with Gasteiger partial charge in [-0.05, 0) is 19.4 Å². The van der Waals surface area contributed by atoms with E-state index in [0.717, 1.165) is 54.7 Å². The van der Waals surface area contributed by atoms with Crippen molar-refractivity contribution < 1.29 is 4.74 Å². The molecule has 0 aliphatic carbocycles. The van der Waals surface area contributed by atoms with E-state index in [0.29, 0.717) is 6.54 Å². The van der Waals surface area contributed by atoms with Crippen LogP contribution in [0.4, 0.5) is 5.82 Å². The van der Waals surface area contributed by atoms with Crippen LogP contribution in [0.1, 0.15) is 22.5 Å². The monoisotopic (exact) mass is 349 g/mol. The maximum Gasteiger partial charge on any atom is 0.157 e. The van der Waals surface area contributed by atoms with Gasteiger partial charge >= 0.3 is 0 Å². The number of aryl methyl sites for hydroxylation is 2. The van der Waals surface area contributed by atoms with Crippen LogP contribution < -0.4 is 4.90 Å². The first-order valence-corrected chi connectivity index (χ1v) is 8.94. The SMILES string of the molecule is Cc1cccc(C=NCc2cc(N3CCOCC3)n3nc(C)cc3n2)c1. The second-order valence-corrected chi connectivity index (χ2v) is 6.64. The van der Waals surface area contributed by atoms with Crippen molar-refractivity contribution in [2.45, 2.75) is 20.4 Å². The van der Waals surface area contributed by atoms with Crippen molar-refractivity contribution in [2.75, 3.05) is 31.2 Å². The van der Waals surface area contributed by atoms with Gasteiger partial charge in [-0.3, -0.25) is 4.99 Å². The highest BCUT2D eigenvalue weighted by molar-refractivity contribution is 5.79. The molecule has 0 atom stereocenters. The first-order valence-electron chi connectivity index (χ1n) is 8.94. The Morgan fingerprint density at radius 2 is 2.00 bits per heavy atom. The summed E-state index contributed by atoms with van der Waals surface area (Å²) < 4.78 is 7.41. The van der Waals surface area contributed by atoms with E-state index in [1.807, 2.05) is 29.8 Å². The highest BCUT2D eigenvalue weighted by Gasteiger charge is 2.17. The molecule has 1 aromatic carbocycles. The van der Waals surface area contributed by atoms with E-state index >= 15 is 0 Å². The van der Waals surface area contributed by atoms with E-state index in [-0.39, 0.29) is 0 Å². The second-order valence-electron chi connectivity index (χ2n) is 6.64. The maximum absolute atomic E-state index is 5.48. The van der Waals surface area contributed by atoms with E-state index in [1.165, 1.54) is 5.56 Å². The van der Waals surface area contributed by atoms with Gasteiger partial charge in [-0.1, -0.05) is 29.8 Å². The summed E-state index contributed by atoms with van der Waals surface area (Å²) in [5.74, 6) is 1.06. The molecule has 0 N–H and O–H groups in total. The van der Waals surface area contributed by atoms with E-state index in [9.17, 15) is 0 Å². The lowest BCUT2D eigenvalue weighted by Gasteiger charge is -2.29. The van der Waals surface area contributed by atoms with Crippen molar-refractivity contribution in [3.05, 3.63) is 58.9 Å². The Bertz CT molecular complexity index is 941. The molecule has 1 fully saturated rings. The molecule has 0 radical (unpaired) electrons. The number of ether oxygens (including phenoxy) is 1. The van der Waals surface area contributed by atoms with Gasteiger partial charge in [-0.15, -0.1) is 0 Å². The topological polar surface area (TPSA) is 55.0 Å². The third-order valence-electron chi connectivity index (χ3n) is 4.45. The molecule has 3 heterocycles. The predicted molar refractivity (Wildman–Crippen MR) is 103 cm³/mol. The van der Waals surface area contributed by atoms with Crippen molar-refractivity contribution in [1.82, 2.24) is 14.6 Å². The molecule has 0 bridgehead atoms. The minimum absolute atomic E-state index is 0.548. The third-order valence-corrected chi connectivity index (χ3v) is 4.45. The molecule has 0 spiro atoms. The first-order chi connectivity index (χ1) is 12.7. The molecule has 2 aromatic heterocycles. The lowest BCUT2D eigenvalue weighted by atomic mass is 10.1. The zero-order valence-corrected chi connectivity index (χ0v) is 15.2. The van der Waals surface area contributed by atoms with Crippen LogP contribution in [0.2, 0.25) is 0 Å². The number of hydrogen-bond acceptors (Lipinski definition) is 5. The van der Waals surface area contributed by atoms with Crippen LogP contribution in [0.25, 0.3) is 5.65 Å². The van der Waals surface area contributed by atoms with Crippen LogP contribution >= 0.6 is 0 Å². The molecule has 0 amide bonds. The van der Waals surface area contributed by atoms with Gasteiger partial charge in [0.1, 0.15) is 5.82 Å². The first kappa shape index (κ1) is 16.7. The van der Waals surface area contributed by atoms with Crippen LogP contribution in [-0.2, 0) is 11.3 Å². The van der Waals surface area contributed by atoms with Crippen LogP contribution in [0.3, 0.4) is 0 Å². The number of hydrogen-bond donors (Lipinski definition) is 0. The lowest BCUT2D eigenvalue weighted by Crippen LogP contribution is -2.37. The summed E-state index contributed by atoms with van der Waals surface area (Å²) in [6.07, 6.45) is 1.91. The molecule has 6 nitrogen and oxygen atoms in total. The number of morpholine rings is 1. The van der Waals surface area contributed by atoms with Gasteiger partial charge in [0, 0.05) is 31.4 Å². The minimum atomic E-state index is 0.548. The standard InChI is InChI=1S/C20H23N5O/c1-15-4-3-5-17(10-15)13-21-14-18-12-20(24-6-8-26-9-7-24)25-19(22-18)11-16(2)23-25/h3-5,10-13H,6-9,14H2,1-2H3. The third kappa shape index (κ3) is 3.60. The minimum Gasteiger partial charge on any atom is -0.378 e. The Labute approximate surface area is 153 Å². The molecular weight excluding hydrogens is 326 g/mol. The van der Waals surface area contributed by atoms with Gasteiger partial charge in [0.25, 0.3) is 0 Å². The lowest BCUT2D eigenvalue weighted by molar-refractivity contribution is 0.122. The highest BCUT2D eigenvalue weighted by atomic mass is 16.5. The van der Waals surface area contributed by atoms with Crippen molar-refractivity contribution in [3.63, 3.8) is 0 Å². The van der Waals surface area contributed by atoms with Gasteiger partial charge in [0.05, 0.1) is 31.1 Å². The molecule has 0 saturated carbocycles. The number of anilines is 1. The quantitative estimate of drug-likeness (QED) is 0.680. The second kappa shape index (κ2) is 7.25. The Kier molecular flexibility index (Phi) is 4.67. The molecule has 6 heteroatoms. The van der Waals surface area contributed by atoms with Crippen molar-refractivity contribution in [3.8, 4) is 0 Å². The molecule has 1 saturated heterocycles. The fraction of sp³-hybridized carbons (Fsp3) is 0.350. The van der Waals surface area contributed by atoms with Crippen molar-refractivity contribution >= 4 is 17.7 Å². The van der Waals surface area contributed by atoms with Crippen molar-refractivity contribution in [1.29, 1.82) is 0 Å². The molecular formula is C20H23N5O. The van der Waals surface area contributed by atoms with E-state index in [1.54, 1.807) is 0 Å². The van der Waals surface area contributed by atoms with E-state index in [2.05, 4.69) is 46.2 Å². The highest BCUT2D eigenvalue weighted by Crippen LogP contribution is 2.20.